The number of Topliss-reactive ketones (excluding diaryl/α,β-unsaturated/α-hetero) is 1. The third kappa shape index (κ3) is 5.53. The Kier molecular flexibility index (Phi) is 7.79. The number of benzene rings is 1. The lowest BCUT2D eigenvalue weighted by atomic mass is 9.92. The van der Waals surface area contributed by atoms with E-state index < -0.39 is 17.8 Å². The minimum atomic E-state index is -0.905. The number of ether oxygens (including phenoxy) is 2. The van der Waals surface area contributed by atoms with Crippen LogP contribution in [0.15, 0.2) is 35.5 Å². The summed E-state index contributed by atoms with van der Waals surface area (Å²) in [6, 6.07) is 6.92. The first kappa shape index (κ1) is 20.9. The fraction of sp³-hybridized carbons (Fsp3) is 0.450. The van der Waals surface area contributed by atoms with E-state index in [0.717, 1.165) is 24.2 Å². The van der Waals surface area contributed by atoms with E-state index in [9.17, 15) is 9.59 Å². The summed E-state index contributed by atoms with van der Waals surface area (Å²) in [5, 5.41) is 6.34. The number of nitrogens with one attached hydrogen (secondary N) is 2. The fourth-order valence-electron chi connectivity index (χ4n) is 2.92. The number of carbonyl (C=O) groups is 2. The number of unbranched alkanes of at least 4 members (excludes halogenated alkanes) is 3. The number of allylic oxidation sites excluding steroid dienone is 1. The molecule has 0 fully saturated rings. The minimum Gasteiger partial charge on any atom is -0.494 e. The Labute approximate surface area is 165 Å². The van der Waals surface area contributed by atoms with Gasteiger partial charge in [-0.25, -0.2) is 4.79 Å². The molecule has 0 unspecified atom stereocenters. The smallest absolute Gasteiger partial charge is 0.379 e. The van der Waals surface area contributed by atoms with Crippen LogP contribution in [0.25, 0.3) is 0 Å². The van der Waals surface area contributed by atoms with Crippen molar-refractivity contribution >= 4 is 29.1 Å². The molecule has 2 N–H and O–H groups in total. The average molecular weight is 391 g/mol. The van der Waals surface area contributed by atoms with E-state index in [2.05, 4.69) is 22.3 Å². The monoisotopic (exact) mass is 390 g/mol. The lowest BCUT2D eigenvalue weighted by molar-refractivity contribution is -0.150. The van der Waals surface area contributed by atoms with Crippen molar-refractivity contribution in [3.63, 3.8) is 0 Å². The number of methoxy groups -OCH3 is 1. The number of ketones is 1. The zero-order chi connectivity index (χ0) is 19.8. The van der Waals surface area contributed by atoms with Crippen LogP contribution in [-0.2, 0) is 14.3 Å². The predicted octanol–water partition coefficient (Wildman–Crippen LogP) is 3.18. The summed E-state index contributed by atoms with van der Waals surface area (Å²) in [6.07, 6.45) is 4.60. The molecule has 0 bridgehead atoms. The summed E-state index contributed by atoms with van der Waals surface area (Å²) in [6.45, 7) is 4.57. The minimum absolute atomic E-state index is 0.295. The molecular weight excluding hydrogens is 364 g/mol. The number of hydrogen-bond acceptors (Lipinski definition) is 5. The summed E-state index contributed by atoms with van der Waals surface area (Å²) in [4.78, 5) is 24.2. The predicted molar refractivity (Wildman–Crippen MR) is 107 cm³/mol. The average Bonchev–Trinajstić information content (AvgIpc) is 2.66. The molecule has 2 rings (SSSR count). The number of carbonyl (C=O) groups excluding carboxylic acids is 2. The van der Waals surface area contributed by atoms with Gasteiger partial charge in [0.2, 0.25) is 0 Å². The highest BCUT2D eigenvalue weighted by Gasteiger charge is 2.33. The highest BCUT2D eigenvalue weighted by atomic mass is 32.1. The lowest BCUT2D eigenvalue weighted by Crippen LogP contribution is -2.45. The quantitative estimate of drug-likeness (QED) is 0.290. The molecule has 0 spiro atoms. The van der Waals surface area contributed by atoms with E-state index in [1.807, 2.05) is 24.3 Å². The summed E-state index contributed by atoms with van der Waals surface area (Å²) in [5.41, 5.74) is 1.64. The summed E-state index contributed by atoms with van der Waals surface area (Å²) >= 11 is 5.20. The van der Waals surface area contributed by atoms with Crippen LogP contribution in [0.2, 0.25) is 0 Å². The molecule has 6 nitrogen and oxygen atoms in total. The van der Waals surface area contributed by atoms with Gasteiger partial charge in [0.25, 0.3) is 5.78 Å². The summed E-state index contributed by atoms with van der Waals surface area (Å²) in [7, 11) is 1.19. The maximum absolute atomic E-state index is 12.4. The van der Waals surface area contributed by atoms with Crippen LogP contribution in [0.1, 0.15) is 51.1 Å². The Balaban J connectivity index is 2.14. The van der Waals surface area contributed by atoms with Gasteiger partial charge in [0, 0.05) is 5.70 Å². The Morgan fingerprint density at radius 3 is 2.48 bits per heavy atom. The molecule has 0 amide bonds. The van der Waals surface area contributed by atoms with Crippen molar-refractivity contribution in [3.05, 3.63) is 41.1 Å². The van der Waals surface area contributed by atoms with Crippen molar-refractivity contribution in [1.82, 2.24) is 10.6 Å². The molecule has 0 saturated heterocycles. The lowest BCUT2D eigenvalue weighted by Gasteiger charge is -2.29. The third-order valence-corrected chi connectivity index (χ3v) is 4.58. The van der Waals surface area contributed by atoms with Gasteiger partial charge in [0.1, 0.15) is 5.75 Å². The van der Waals surface area contributed by atoms with E-state index in [1.165, 1.54) is 20.0 Å². The Bertz CT molecular complexity index is 728. The SMILES string of the molecule is CCCCCCOc1ccc([C@@H]2NC(=S)NC(C)=C2C(=O)C(=O)OC)cc1. The molecular formula is C20H26N2O4S. The Morgan fingerprint density at radius 2 is 1.85 bits per heavy atom. The van der Waals surface area contributed by atoms with Crippen molar-refractivity contribution in [2.24, 2.45) is 0 Å². The van der Waals surface area contributed by atoms with Crippen molar-refractivity contribution in [2.45, 2.75) is 45.6 Å². The molecule has 1 heterocycles. The molecule has 0 radical (unpaired) electrons. The molecule has 0 aromatic heterocycles. The van der Waals surface area contributed by atoms with Gasteiger partial charge in [-0.1, -0.05) is 38.3 Å². The number of esters is 1. The topological polar surface area (TPSA) is 76.7 Å². The first-order valence-electron chi connectivity index (χ1n) is 9.11. The van der Waals surface area contributed by atoms with Crippen molar-refractivity contribution in [2.75, 3.05) is 13.7 Å². The van der Waals surface area contributed by atoms with Crippen LogP contribution in [0.4, 0.5) is 0 Å². The second-order valence-corrected chi connectivity index (χ2v) is 6.78. The normalized spacial score (nSPS) is 16.4. The molecule has 1 aromatic carbocycles. The van der Waals surface area contributed by atoms with Gasteiger partial charge in [-0.15, -0.1) is 0 Å². The zero-order valence-corrected chi connectivity index (χ0v) is 16.8. The van der Waals surface area contributed by atoms with Crippen molar-refractivity contribution in [1.29, 1.82) is 0 Å². The van der Waals surface area contributed by atoms with E-state index in [1.54, 1.807) is 6.92 Å². The van der Waals surface area contributed by atoms with Gasteiger partial charge in [0.15, 0.2) is 5.11 Å². The molecule has 0 aliphatic carbocycles. The molecule has 7 heteroatoms. The largest absolute Gasteiger partial charge is 0.494 e. The van der Waals surface area contributed by atoms with Gasteiger partial charge in [-0.2, -0.15) is 0 Å². The Morgan fingerprint density at radius 1 is 1.15 bits per heavy atom. The van der Waals surface area contributed by atoms with Crippen LogP contribution in [0.5, 0.6) is 5.75 Å². The highest BCUT2D eigenvalue weighted by molar-refractivity contribution is 7.80. The number of hydrogen-bond donors (Lipinski definition) is 2. The van der Waals surface area contributed by atoms with Gasteiger partial charge in [0.05, 0.1) is 25.3 Å². The first-order valence-corrected chi connectivity index (χ1v) is 9.52. The molecule has 1 atom stereocenters. The molecule has 0 saturated carbocycles. The van der Waals surface area contributed by atoms with Crippen molar-refractivity contribution < 1.29 is 19.1 Å². The number of thiocarbonyl (C=S) groups is 1. The third-order valence-electron chi connectivity index (χ3n) is 4.36. The van der Waals surface area contributed by atoms with Crippen LogP contribution in [0.3, 0.4) is 0 Å². The first-order chi connectivity index (χ1) is 13.0. The molecule has 1 aliphatic heterocycles. The second-order valence-electron chi connectivity index (χ2n) is 6.37. The Hall–Kier alpha value is -2.41. The van der Waals surface area contributed by atoms with E-state index in [0.29, 0.717) is 23.0 Å². The van der Waals surface area contributed by atoms with Crippen molar-refractivity contribution in [3.8, 4) is 5.75 Å². The van der Waals surface area contributed by atoms with Crippen LogP contribution >= 0.6 is 12.2 Å². The van der Waals surface area contributed by atoms with Gasteiger partial charge >= 0.3 is 5.97 Å². The van der Waals surface area contributed by atoms with Gasteiger partial charge < -0.3 is 20.1 Å². The van der Waals surface area contributed by atoms with Crippen LogP contribution in [0, 0.1) is 0 Å². The van der Waals surface area contributed by atoms with E-state index in [4.69, 9.17) is 17.0 Å². The maximum Gasteiger partial charge on any atom is 0.379 e. The summed E-state index contributed by atoms with van der Waals surface area (Å²) < 4.78 is 10.3. The van der Waals surface area contributed by atoms with Gasteiger partial charge in [-0.05, 0) is 43.3 Å². The molecule has 1 aromatic rings. The molecule has 27 heavy (non-hydrogen) atoms. The highest BCUT2D eigenvalue weighted by Crippen LogP contribution is 2.29. The second kappa shape index (κ2) is 10.1. The standard InChI is InChI=1S/C20H26N2O4S/c1-4-5-6-7-12-26-15-10-8-14(9-11-15)17-16(18(23)19(24)25-3)13(2)21-20(27)22-17/h8-11,17H,4-7,12H2,1-3H3,(H2,21,22,27)/t17-/m0/s1. The van der Waals surface area contributed by atoms with E-state index in [-0.39, 0.29) is 0 Å². The maximum atomic E-state index is 12.4. The fourth-order valence-corrected chi connectivity index (χ4v) is 3.19. The molecule has 1 aliphatic rings. The van der Waals surface area contributed by atoms with Crippen LogP contribution in [-0.4, -0.2) is 30.6 Å². The number of rotatable bonds is 9. The summed E-state index contributed by atoms with van der Waals surface area (Å²) in [5.74, 6) is -0.829. The van der Waals surface area contributed by atoms with E-state index >= 15 is 0 Å². The molecule has 146 valence electrons. The van der Waals surface area contributed by atoms with Gasteiger partial charge in [-0.3, -0.25) is 4.79 Å². The van der Waals surface area contributed by atoms with Crippen LogP contribution < -0.4 is 15.4 Å². The zero-order valence-electron chi connectivity index (χ0n) is 16.0.